The fraction of sp³-hybridized carbons (Fsp3) is 0.463. The number of hydrogen-bond acceptors (Lipinski definition) is 8. The summed E-state index contributed by atoms with van der Waals surface area (Å²) in [6.45, 7) is 12.8. The molecule has 6 rings (SSSR count). The number of nitrogens with one attached hydrogen (secondary N) is 4. The lowest BCUT2D eigenvalue weighted by Crippen LogP contribution is -2.52. The number of hydrogen-bond donors (Lipinski definition) is 4. The molecule has 0 radical (unpaired) electrons. The number of methoxy groups -OCH3 is 2. The summed E-state index contributed by atoms with van der Waals surface area (Å²) in [6.07, 6.45) is 4.70. The van der Waals surface area contributed by atoms with Crippen LogP contribution in [0.15, 0.2) is 60.9 Å². The maximum absolute atomic E-state index is 13.8. The number of H-pyrrole nitrogens is 2. The molecule has 2 saturated heterocycles. The number of imidazole rings is 2. The molecule has 56 heavy (non-hydrogen) atoms. The molecule has 0 aliphatic carbocycles. The average Bonchev–Trinajstić information content (AvgIpc) is 4.01. The van der Waals surface area contributed by atoms with E-state index in [1.807, 2.05) is 43.7 Å². The van der Waals surface area contributed by atoms with Crippen LogP contribution in [0.5, 0.6) is 0 Å². The van der Waals surface area contributed by atoms with E-state index >= 15 is 0 Å². The first-order valence-electron chi connectivity index (χ1n) is 19.3. The minimum absolute atomic E-state index is 0.105. The van der Waals surface area contributed by atoms with Gasteiger partial charge in [-0.3, -0.25) is 9.59 Å². The van der Waals surface area contributed by atoms with Crippen LogP contribution < -0.4 is 10.6 Å². The Morgan fingerprint density at radius 2 is 1.12 bits per heavy atom. The van der Waals surface area contributed by atoms with Gasteiger partial charge < -0.3 is 39.9 Å². The molecule has 0 bridgehead atoms. The van der Waals surface area contributed by atoms with Gasteiger partial charge in [0, 0.05) is 12.7 Å². The summed E-state index contributed by atoms with van der Waals surface area (Å²) in [7, 11) is 0.847. The molecule has 14 nitrogen and oxygen atoms in total. The molecule has 4 atom stereocenters. The Bertz CT molecular complexity index is 2030. The second-order valence-electron chi connectivity index (χ2n) is 16.3. The van der Waals surface area contributed by atoms with Gasteiger partial charge in [-0.1, -0.05) is 89.3 Å². The van der Waals surface area contributed by atoms with Gasteiger partial charge in [0.2, 0.25) is 11.8 Å². The zero-order valence-electron chi connectivity index (χ0n) is 33.5. The van der Waals surface area contributed by atoms with Crippen molar-refractivity contribution in [3.05, 3.63) is 72.6 Å². The third-order valence-corrected chi connectivity index (χ3v) is 13.6. The van der Waals surface area contributed by atoms with Gasteiger partial charge in [-0.25, -0.2) is 19.6 Å². The van der Waals surface area contributed by atoms with Gasteiger partial charge in [0.15, 0.2) is 0 Å². The molecular formula is C41H54N8O6Si. The topological polar surface area (TPSA) is 175 Å². The zero-order chi connectivity index (χ0) is 40.3. The van der Waals surface area contributed by atoms with E-state index in [1.54, 1.807) is 6.20 Å². The zero-order valence-corrected chi connectivity index (χ0v) is 34.5. The van der Waals surface area contributed by atoms with Gasteiger partial charge >= 0.3 is 12.2 Å². The number of nitrogens with zero attached hydrogens (tertiary/aromatic N) is 4. The predicted octanol–water partition coefficient (Wildman–Crippen LogP) is 6.69. The van der Waals surface area contributed by atoms with Crippen molar-refractivity contribution in [1.82, 2.24) is 40.4 Å². The Morgan fingerprint density at radius 1 is 0.696 bits per heavy atom. The van der Waals surface area contributed by atoms with Crippen LogP contribution in [-0.4, -0.2) is 101 Å². The van der Waals surface area contributed by atoms with Gasteiger partial charge in [-0.15, -0.1) is 0 Å². The van der Waals surface area contributed by atoms with Crippen LogP contribution in [0.4, 0.5) is 9.59 Å². The van der Waals surface area contributed by atoms with Crippen LogP contribution in [0.25, 0.3) is 33.6 Å². The number of rotatable bonds is 11. The third kappa shape index (κ3) is 8.67. The minimum atomic E-state index is -1.74. The summed E-state index contributed by atoms with van der Waals surface area (Å²) >= 11 is 0. The van der Waals surface area contributed by atoms with Crippen LogP contribution in [0.2, 0.25) is 19.1 Å². The lowest BCUT2D eigenvalue weighted by atomic mass is 10.0. The summed E-state index contributed by atoms with van der Waals surface area (Å²) in [4.78, 5) is 71.5. The first-order valence-corrected chi connectivity index (χ1v) is 22.7. The van der Waals surface area contributed by atoms with Crippen LogP contribution in [0.3, 0.4) is 0 Å². The molecule has 2 aliphatic heterocycles. The Balaban J connectivity index is 1.13. The number of carbonyl (C=O) groups excluding carboxylic acids is 4. The summed E-state index contributed by atoms with van der Waals surface area (Å²) in [6, 6.07) is 15.6. The van der Waals surface area contributed by atoms with Crippen LogP contribution >= 0.6 is 0 Å². The lowest BCUT2D eigenvalue weighted by Gasteiger charge is -2.30. The van der Waals surface area contributed by atoms with E-state index in [2.05, 4.69) is 87.2 Å². The van der Waals surface area contributed by atoms with Crippen molar-refractivity contribution in [3.63, 3.8) is 0 Å². The normalized spacial score (nSPS) is 18.9. The quantitative estimate of drug-likeness (QED) is 0.122. The molecule has 4 unspecified atom stereocenters. The fourth-order valence-corrected chi connectivity index (χ4v) is 10.7. The molecular weight excluding hydrogens is 729 g/mol. The number of aromatic amines is 2. The average molecular weight is 783 g/mol. The second kappa shape index (κ2) is 16.7. The lowest BCUT2D eigenvalue weighted by molar-refractivity contribution is -0.136. The molecule has 0 saturated carbocycles. The molecule has 0 spiro atoms. The SMILES string of the molecule is COC(=O)NC(C(=O)N1CCCC1c1ncc(-c2ccc(-c3ccc(-c4cnc(C5C[Si](C)(C)CN5C(=O)C(NC(=O)OC)C(C)C)[nH]4)cc3)cc2)[nH]1)C(C)C. The second-order valence-corrected chi connectivity index (χ2v) is 21.3. The molecule has 298 valence electrons. The molecule has 4 heterocycles. The highest BCUT2D eigenvalue weighted by atomic mass is 28.3. The van der Waals surface area contributed by atoms with Crippen LogP contribution in [-0.2, 0) is 19.1 Å². The summed E-state index contributed by atoms with van der Waals surface area (Å²) in [5.41, 5.74) is 5.80. The molecule has 2 aromatic heterocycles. The highest BCUT2D eigenvalue weighted by Crippen LogP contribution is 2.38. The van der Waals surface area contributed by atoms with Gasteiger partial charge in [0.1, 0.15) is 23.7 Å². The van der Waals surface area contributed by atoms with Gasteiger partial charge in [0.05, 0.1) is 58.2 Å². The summed E-state index contributed by atoms with van der Waals surface area (Å²) in [5, 5.41) is 5.43. The van der Waals surface area contributed by atoms with Crippen LogP contribution in [0.1, 0.15) is 64.3 Å². The van der Waals surface area contributed by atoms with Gasteiger partial charge in [0.25, 0.3) is 0 Å². The standard InChI is InChI=1S/C41H54N8O6Si/c1-24(2)34(46-40(52)54-5)38(50)48-19-9-10-32(48)36-42-20-30(44-36)28-15-11-26(12-16-28)27-13-17-29(18-14-27)31-21-43-37(45-31)33-22-56(7,8)23-49(33)39(51)35(25(3)4)47-41(53)55-6/h11-18,20-21,24-25,32-35H,9-10,19,22-23H2,1-8H3,(H,42,44)(H,43,45)(H,46,52)(H,47,53). The molecule has 2 aromatic carbocycles. The summed E-state index contributed by atoms with van der Waals surface area (Å²) < 4.78 is 9.56. The van der Waals surface area contributed by atoms with Gasteiger partial charge in [-0.2, -0.15) is 0 Å². The fourth-order valence-electron chi connectivity index (χ4n) is 7.81. The van der Waals surface area contributed by atoms with Crippen molar-refractivity contribution in [2.45, 2.75) is 83.8 Å². The largest absolute Gasteiger partial charge is 0.453 e. The molecule has 4 N–H and O–H groups in total. The van der Waals surface area contributed by atoms with Crippen molar-refractivity contribution in [2.75, 3.05) is 26.9 Å². The first kappa shape index (κ1) is 40.2. The summed E-state index contributed by atoms with van der Waals surface area (Å²) in [5.74, 6) is 0.998. The maximum atomic E-state index is 13.8. The number of amides is 4. The Kier molecular flexibility index (Phi) is 12.0. The van der Waals surface area contributed by atoms with Crippen molar-refractivity contribution < 1.29 is 28.7 Å². The van der Waals surface area contributed by atoms with E-state index in [9.17, 15) is 19.2 Å². The first-order chi connectivity index (χ1) is 26.7. The van der Waals surface area contributed by atoms with E-state index < -0.39 is 32.3 Å². The Labute approximate surface area is 329 Å². The number of aromatic nitrogens is 4. The van der Waals surface area contributed by atoms with Gasteiger partial charge in [-0.05, 0) is 53.0 Å². The highest BCUT2D eigenvalue weighted by molar-refractivity contribution is 6.78. The van der Waals surface area contributed by atoms with E-state index in [1.165, 1.54) is 14.2 Å². The highest BCUT2D eigenvalue weighted by Gasteiger charge is 2.46. The van der Waals surface area contributed by atoms with Crippen LogP contribution in [0, 0.1) is 11.8 Å². The smallest absolute Gasteiger partial charge is 0.407 e. The molecule has 4 aromatic rings. The van der Waals surface area contributed by atoms with Crippen molar-refractivity contribution in [1.29, 1.82) is 0 Å². The number of ether oxygens (including phenoxy) is 2. The number of benzene rings is 2. The number of carbonyl (C=O) groups is 4. The molecule has 2 aliphatic rings. The van der Waals surface area contributed by atoms with E-state index in [4.69, 9.17) is 14.5 Å². The molecule has 15 heteroatoms. The maximum Gasteiger partial charge on any atom is 0.407 e. The Morgan fingerprint density at radius 3 is 1.57 bits per heavy atom. The van der Waals surface area contributed by atoms with E-state index in [0.29, 0.717) is 12.7 Å². The predicted molar refractivity (Wildman–Crippen MR) is 216 cm³/mol. The Hall–Kier alpha value is -5.44. The number of alkyl carbamates (subject to hydrolysis) is 2. The molecule has 4 amide bonds. The van der Waals surface area contributed by atoms with E-state index in [-0.39, 0.29) is 35.7 Å². The van der Waals surface area contributed by atoms with E-state index in [0.717, 1.165) is 64.2 Å². The number of likely N-dealkylation sites (tertiary alicyclic amines) is 1. The van der Waals surface area contributed by atoms with Crippen molar-refractivity contribution in [3.8, 4) is 33.6 Å². The van der Waals surface area contributed by atoms with Crippen molar-refractivity contribution >= 4 is 32.1 Å². The minimum Gasteiger partial charge on any atom is -0.453 e. The monoisotopic (exact) mass is 782 g/mol. The third-order valence-electron chi connectivity index (χ3n) is 10.9. The molecule has 2 fully saturated rings. The van der Waals surface area contributed by atoms with Crippen molar-refractivity contribution in [2.24, 2.45) is 11.8 Å².